The van der Waals surface area contributed by atoms with Gasteiger partial charge in [-0.2, -0.15) is 0 Å². The minimum Gasteiger partial charge on any atom is -0.316 e. The molecule has 3 rings (SSSR count). The summed E-state index contributed by atoms with van der Waals surface area (Å²) in [5, 5.41) is 2.89. The van der Waals surface area contributed by atoms with Gasteiger partial charge in [-0.3, -0.25) is 4.98 Å². The van der Waals surface area contributed by atoms with Gasteiger partial charge in [-0.1, -0.05) is 15.9 Å². The molecule has 2 heterocycles. The molecule has 1 aliphatic rings. The second-order valence-electron chi connectivity index (χ2n) is 4.44. The lowest BCUT2D eigenvalue weighted by Crippen LogP contribution is -2.30. The van der Waals surface area contributed by atoms with Gasteiger partial charge in [-0.25, -0.2) is 4.79 Å². The molecule has 0 spiro atoms. The van der Waals surface area contributed by atoms with E-state index < -0.39 is 0 Å². The number of carbonyl (C=O) groups is 1. The summed E-state index contributed by atoms with van der Waals surface area (Å²) in [6.07, 6.45) is 3.58. The molecule has 1 N–H and O–H groups in total. The Bertz CT molecular complexity index is 587. The molecule has 1 aromatic carbocycles. The topological polar surface area (TPSA) is 45.2 Å². The average molecular weight is 318 g/mol. The van der Waals surface area contributed by atoms with E-state index in [2.05, 4.69) is 26.2 Å². The predicted octanol–water partition coefficient (Wildman–Crippen LogP) is 3.39. The number of anilines is 1. The number of hydrogen-bond donors (Lipinski definition) is 1. The van der Waals surface area contributed by atoms with Crippen LogP contribution in [-0.2, 0) is 13.1 Å². The third-order valence-corrected chi connectivity index (χ3v) is 3.64. The van der Waals surface area contributed by atoms with Crippen LogP contribution < -0.4 is 5.32 Å². The summed E-state index contributed by atoms with van der Waals surface area (Å²) in [4.78, 5) is 18.0. The largest absolute Gasteiger partial charge is 0.322 e. The zero-order valence-corrected chi connectivity index (χ0v) is 11.7. The van der Waals surface area contributed by atoms with Gasteiger partial charge in [-0.15, -0.1) is 0 Å². The molecule has 0 saturated heterocycles. The van der Waals surface area contributed by atoms with Crippen molar-refractivity contribution in [1.82, 2.24) is 9.88 Å². The number of carbonyl (C=O) groups excluding carboxylic acids is 1. The first-order valence-corrected chi connectivity index (χ1v) is 6.75. The van der Waals surface area contributed by atoms with Crippen LogP contribution in [-0.4, -0.2) is 15.9 Å². The number of rotatable bonds is 1. The highest BCUT2D eigenvalue weighted by Gasteiger charge is 2.23. The minimum absolute atomic E-state index is 0.0847. The van der Waals surface area contributed by atoms with E-state index in [0.717, 1.165) is 15.7 Å². The maximum Gasteiger partial charge on any atom is 0.322 e. The van der Waals surface area contributed by atoms with Crippen LogP contribution in [0.15, 0.2) is 47.2 Å². The first-order valence-electron chi connectivity index (χ1n) is 5.95. The van der Waals surface area contributed by atoms with E-state index in [1.165, 1.54) is 5.56 Å². The van der Waals surface area contributed by atoms with E-state index in [1.807, 2.05) is 36.5 Å². The summed E-state index contributed by atoms with van der Waals surface area (Å²) in [5.74, 6) is 0. The number of nitrogens with zero attached hydrogens (tertiary/aromatic N) is 2. The number of aromatic nitrogens is 1. The number of hydrogen-bond acceptors (Lipinski definition) is 2. The van der Waals surface area contributed by atoms with Gasteiger partial charge in [-0.05, 0) is 41.5 Å². The van der Waals surface area contributed by atoms with Crippen molar-refractivity contribution < 1.29 is 4.79 Å². The van der Waals surface area contributed by atoms with Crippen molar-refractivity contribution in [2.45, 2.75) is 13.1 Å². The molecule has 0 aliphatic carbocycles. The molecule has 0 bridgehead atoms. The molecule has 2 amide bonds. The van der Waals surface area contributed by atoms with Gasteiger partial charge in [0.15, 0.2) is 0 Å². The molecule has 0 atom stereocenters. The number of halogens is 1. The van der Waals surface area contributed by atoms with Crippen LogP contribution in [0, 0.1) is 0 Å². The lowest BCUT2D eigenvalue weighted by Gasteiger charge is -2.16. The monoisotopic (exact) mass is 317 g/mol. The summed E-state index contributed by atoms with van der Waals surface area (Å²) >= 11 is 3.37. The molecule has 0 fully saturated rings. The molecule has 1 aliphatic heterocycles. The Morgan fingerprint density at radius 3 is 2.63 bits per heavy atom. The first kappa shape index (κ1) is 12.2. The van der Waals surface area contributed by atoms with E-state index in [-0.39, 0.29) is 6.03 Å². The van der Waals surface area contributed by atoms with Gasteiger partial charge in [0.05, 0.1) is 0 Å². The molecule has 0 saturated carbocycles. The Balaban J connectivity index is 1.68. The van der Waals surface area contributed by atoms with Crippen molar-refractivity contribution in [3.05, 3.63) is 58.3 Å². The van der Waals surface area contributed by atoms with Crippen LogP contribution in [0.25, 0.3) is 0 Å². The van der Waals surface area contributed by atoms with Crippen LogP contribution in [0.3, 0.4) is 0 Å². The van der Waals surface area contributed by atoms with Crippen LogP contribution in [0.5, 0.6) is 0 Å². The molecular formula is C14H12BrN3O. The van der Waals surface area contributed by atoms with Gasteiger partial charge >= 0.3 is 6.03 Å². The van der Waals surface area contributed by atoms with Gasteiger partial charge < -0.3 is 10.2 Å². The zero-order chi connectivity index (χ0) is 13.2. The minimum atomic E-state index is -0.0847. The standard InChI is InChI=1S/C14H12BrN3O/c15-12-1-3-13(4-2-12)17-14(19)18-8-10-5-6-16-7-11(10)9-18/h1-7H,8-9H2,(H,17,19). The third kappa shape index (κ3) is 2.61. The lowest BCUT2D eigenvalue weighted by molar-refractivity contribution is 0.212. The molecule has 5 heteroatoms. The molecular weight excluding hydrogens is 306 g/mol. The summed E-state index contributed by atoms with van der Waals surface area (Å²) in [7, 11) is 0. The highest BCUT2D eigenvalue weighted by atomic mass is 79.9. The smallest absolute Gasteiger partial charge is 0.316 e. The summed E-state index contributed by atoms with van der Waals surface area (Å²) < 4.78 is 0.991. The van der Waals surface area contributed by atoms with Gasteiger partial charge in [0, 0.05) is 35.6 Å². The normalized spacial score (nSPS) is 13.2. The van der Waals surface area contributed by atoms with Gasteiger partial charge in [0.1, 0.15) is 0 Å². The van der Waals surface area contributed by atoms with Gasteiger partial charge in [0.25, 0.3) is 0 Å². The van der Waals surface area contributed by atoms with Crippen LogP contribution in [0.4, 0.5) is 10.5 Å². The number of benzene rings is 1. The fourth-order valence-electron chi connectivity index (χ4n) is 2.10. The van der Waals surface area contributed by atoms with Crippen molar-refractivity contribution in [1.29, 1.82) is 0 Å². The fourth-order valence-corrected chi connectivity index (χ4v) is 2.36. The van der Waals surface area contributed by atoms with Crippen molar-refractivity contribution in [2.75, 3.05) is 5.32 Å². The van der Waals surface area contributed by atoms with Crippen molar-refractivity contribution in [3.8, 4) is 0 Å². The van der Waals surface area contributed by atoms with Crippen molar-refractivity contribution in [3.63, 3.8) is 0 Å². The molecule has 0 unspecified atom stereocenters. The first-order chi connectivity index (χ1) is 9.22. The van der Waals surface area contributed by atoms with E-state index >= 15 is 0 Å². The maximum absolute atomic E-state index is 12.2. The second-order valence-corrected chi connectivity index (χ2v) is 5.35. The highest BCUT2D eigenvalue weighted by molar-refractivity contribution is 9.10. The Kier molecular flexibility index (Phi) is 3.21. The number of urea groups is 1. The molecule has 2 aromatic rings. The van der Waals surface area contributed by atoms with E-state index in [1.54, 1.807) is 11.1 Å². The molecule has 1 aromatic heterocycles. The van der Waals surface area contributed by atoms with Gasteiger partial charge in [0.2, 0.25) is 0 Å². The van der Waals surface area contributed by atoms with E-state index in [9.17, 15) is 4.79 Å². The molecule has 19 heavy (non-hydrogen) atoms. The quantitative estimate of drug-likeness (QED) is 0.876. The predicted molar refractivity (Wildman–Crippen MR) is 76.6 cm³/mol. The number of amides is 2. The summed E-state index contributed by atoms with van der Waals surface area (Å²) in [5.41, 5.74) is 3.08. The van der Waals surface area contributed by atoms with E-state index in [4.69, 9.17) is 0 Å². The highest BCUT2D eigenvalue weighted by Crippen LogP contribution is 2.22. The maximum atomic E-state index is 12.2. The number of nitrogens with one attached hydrogen (secondary N) is 1. The molecule has 96 valence electrons. The molecule has 0 radical (unpaired) electrons. The van der Waals surface area contributed by atoms with Crippen LogP contribution in [0.2, 0.25) is 0 Å². The average Bonchev–Trinajstić information content (AvgIpc) is 2.85. The number of pyridine rings is 1. The lowest BCUT2D eigenvalue weighted by atomic mass is 10.2. The summed E-state index contributed by atoms with van der Waals surface area (Å²) in [6.45, 7) is 1.26. The van der Waals surface area contributed by atoms with Crippen LogP contribution in [0.1, 0.15) is 11.1 Å². The molecule has 4 nitrogen and oxygen atoms in total. The third-order valence-electron chi connectivity index (χ3n) is 3.11. The number of fused-ring (bicyclic) bond motifs is 1. The Hall–Kier alpha value is -1.88. The van der Waals surface area contributed by atoms with Crippen LogP contribution >= 0.6 is 15.9 Å². The second kappa shape index (κ2) is 5.01. The Morgan fingerprint density at radius 1 is 1.16 bits per heavy atom. The van der Waals surface area contributed by atoms with E-state index in [0.29, 0.717) is 13.1 Å². The fraction of sp³-hybridized carbons (Fsp3) is 0.143. The van der Waals surface area contributed by atoms with Crippen molar-refractivity contribution in [2.24, 2.45) is 0 Å². The van der Waals surface area contributed by atoms with Crippen molar-refractivity contribution >= 4 is 27.6 Å². The SMILES string of the molecule is O=C(Nc1ccc(Br)cc1)N1Cc2ccncc2C1. The summed E-state index contributed by atoms with van der Waals surface area (Å²) in [6, 6.07) is 9.41. The Morgan fingerprint density at radius 2 is 1.89 bits per heavy atom. The Labute approximate surface area is 119 Å². The zero-order valence-electron chi connectivity index (χ0n) is 10.1.